The molecule has 3 rings (SSSR count). The molecule has 27 heavy (non-hydrogen) atoms. The summed E-state index contributed by atoms with van der Waals surface area (Å²) in [5, 5.41) is 4.60. The van der Waals surface area contributed by atoms with Crippen molar-refractivity contribution in [2.75, 3.05) is 21.2 Å². The molecule has 0 fully saturated rings. The van der Waals surface area contributed by atoms with E-state index in [1.54, 1.807) is 11.8 Å². The van der Waals surface area contributed by atoms with Gasteiger partial charge in [-0.15, -0.1) is 23.9 Å². The molecule has 0 saturated carbocycles. The first-order chi connectivity index (χ1) is 12.6. The van der Waals surface area contributed by atoms with Crippen LogP contribution >= 0.6 is 12.4 Å². The molecule has 0 aliphatic rings. The summed E-state index contributed by atoms with van der Waals surface area (Å²) in [5.74, 6) is 4.88. The van der Waals surface area contributed by atoms with E-state index < -0.39 is 0 Å². The molecule has 140 valence electrons. The van der Waals surface area contributed by atoms with Crippen LogP contribution < -0.4 is 4.74 Å². The number of aromatic nitrogens is 3. The number of halogens is 1. The van der Waals surface area contributed by atoms with Crippen molar-refractivity contribution in [2.45, 2.75) is 13.1 Å². The maximum absolute atomic E-state index is 5.53. The fraction of sp³-hybridized carbons (Fsp3) is 0.238. The summed E-state index contributed by atoms with van der Waals surface area (Å²) in [7, 11) is 5.75. The minimum atomic E-state index is 0. The number of hydrogen-bond acceptors (Lipinski definition) is 4. The number of nitrogens with zero attached hydrogens (tertiary/aromatic N) is 4. The summed E-state index contributed by atoms with van der Waals surface area (Å²) >= 11 is 0. The van der Waals surface area contributed by atoms with Crippen LogP contribution in [0.1, 0.15) is 5.56 Å². The first-order valence-corrected chi connectivity index (χ1v) is 8.37. The maximum Gasteiger partial charge on any atom is 0.181 e. The van der Waals surface area contributed by atoms with Crippen LogP contribution in [0.25, 0.3) is 22.8 Å². The highest BCUT2D eigenvalue weighted by molar-refractivity contribution is 5.85. The average Bonchev–Trinajstić information content (AvgIpc) is 3.06. The Morgan fingerprint density at radius 3 is 2.48 bits per heavy atom. The lowest BCUT2D eigenvalue weighted by molar-refractivity contribution is 0.402. The van der Waals surface area contributed by atoms with Crippen molar-refractivity contribution in [1.82, 2.24) is 19.7 Å². The highest BCUT2D eigenvalue weighted by Crippen LogP contribution is 2.25. The fourth-order valence-electron chi connectivity index (χ4n) is 2.79. The van der Waals surface area contributed by atoms with Crippen LogP contribution in [0, 0.1) is 12.3 Å². The van der Waals surface area contributed by atoms with Gasteiger partial charge in [-0.2, -0.15) is 0 Å². The molecular weight excluding hydrogens is 360 g/mol. The molecule has 3 aromatic rings. The van der Waals surface area contributed by atoms with Crippen LogP contribution in [0.3, 0.4) is 0 Å². The molecule has 0 bridgehead atoms. The van der Waals surface area contributed by atoms with Crippen molar-refractivity contribution in [2.24, 2.45) is 0 Å². The first-order valence-electron chi connectivity index (χ1n) is 8.37. The lowest BCUT2D eigenvalue weighted by atomic mass is 10.1. The molecule has 5 nitrogen and oxygen atoms in total. The van der Waals surface area contributed by atoms with Crippen molar-refractivity contribution in [3.8, 4) is 40.9 Å². The Morgan fingerprint density at radius 2 is 1.85 bits per heavy atom. The van der Waals surface area contributed by atoms with Crippen molar-refractivity contribution < 1.29 is 4.74 Å². The Hall–Kier alpha value is -2.81. The van der Waals surface area contributed by atoms with Gasteiger partial charge in [0.05, 0.1) is 7.11 Å². The van der Waals surface area contributed by atoms with Crippen molar-refractivity contribution in [3.05, 3.63) is 54.1 Å². The molecule has 0 atom stereocenters. The number of ether oxygens (including phenoxy) is 1. The summed E-state index contributed by atoms with van der Waals surface area (Å²) < 4.78 is 6.98. The number of rotatable bonds is 6. The van der Waals surface area contributed by atoms with Gasteiger partial charge in [0.1, 0.15) is 12.3 Å². The number of benzene rings is 2. The summed E-state index contributed by atoms with van der Waals surface area (Å²) in [6.45, 7) is 1.23. The molecule has 0 aliphatic heterocycles. The van der Waals surface area contributed by atoms with Gasteiger partial charge in [-0.3, -0.25) is 0 Å². The quantitative estimate of drug-likeness (QED) is 0.609. The van der Waals surface area contributed by atoms with E-state index in [1.165, 1.54) is 5.56 Å². The van der Waals surface area contributed by atoms with E-state index >= 15 is 0 Å². The van der Waals surface area contributed by atoms with Gasteiger partial charge in [-0.1, -0.05) is 24.1 Å². The smallest absolute Gasteiger partial charge is 0.181 e. The zero-order valence-electron chi connectivity index (χ0n) is 15.7. The topological polar surface area (TPSA) is 43.2 Å². The summed E-state index contributed by atoms with van der Waals surface area (Å²) in [5.41, 5.74) is 3.15. The predicted molar refractivity (Wildman–Crippen MR) is 111 cm³/mol. The molecule has 6 heteroatoms. The third kappa shape index (κ3) is 4.88. The van der Waals surface area contributed by atoms with Crippen LogP contribution in [0.4, 0.5) is 0 Å². The molecule has 2 aromatic carbocycles. The van der Waals surface area contributed by atoms with Crippen LogP contribution in [-0.2, 0) is 13.1 Å². The molecule has 0 radical (unpaired) electrons. The van der Waals surface area contributed by atoms with Crippen LogP contribution in [0.2, 0.25) is 0 Å². The number of hydrogen-bond donors (Lipinski definition) is 0. The molecule has 0 unspecified atom stereocenters. The lowest BCUT2D eigenvalue weighted by Gasteiger charge is -2.10. The number of methoxy groups -OCH3 is 1. The normalized spacial score (nSPS) is 10.3. The second kappa shape index (κ2) is 9.22. The van der Waals surface area contributed by atoms with Gasteiger partial charge >= 0.3 is 0 Å². The van der Waals surface area contributed by atoms with E-state index in [0.29, 0.717) is 12.4 Å². The summed E-state index contributed by atoms with van der Waals surface area (Å²) in [6, 6.07) is 16.0. The zero-order chi connectivity index (χ0) is 18.5. The van der Waals surface area contributed by atoms with Gasteiger partial charge in [-0.25, -0.2) is 9.67 Å². The van der Waals surface area contributed by atoms with Gasteiger partial charge in [0.25, 0.3) is 0 Å². The van der Waals surface area contributed by atoms with Gasteiger partial charge in [0.15, 0.2) is 11.6 Å². The van der Waals surface area contributed by atoms with E-state index in [1.807, 2.05) is 36.4 Å². The Balaban J connectivity index is 0.00000261. The predicted octanol–water partition coefficient (Wildman–Crippen LogP) is 3.74. The van der Waals surface area contributed by atoms with E-state index in [-0.39, 0.29) is 12.4 Å². The molecule has 0 amide bonds. The fourth-order valence-corrected chi connectivity index (χ4v) is 2.79. The molecule has 0 aliphatic carbocycles. The molecular formula is C21H23ClN4O. The van der Waals surface area contributed by atoms with E-state index in [2.05, 4.69) is 42.1 Å². The van der Waals surface area contributed by atoms with E-state index in [0.717, 1.165) is 29.2 Å². The van der Waals surface area contributed by atoms with Crippen LogP contribution in [0.15, 0.2) is 48.5 Å². The monoisotopic (exact) mass is 382 g/mol. The minimum absolute atomic E-state index is 0. The molecule has 0 saturated heterocycles. The average molecular weight is 383 g/mol. The summed E-state index contributed by atoms with van der Waals surface area (Å²) in [4.78, 5) is 6.88. The lowest BCUT2D eigenvalue weighted by Crippen LogP contribution is -2.10. The highest BCUT2D eigenvalue weighted by atomic mass is 35.5. The van der Waals surface area contributed by atoms with Crippen LogP contribution in [0.5, 0.6) is 5.75 Å². The van der Waals surface area contributed by atoms with Gasteiger partial charge < -0.3 is 9.64 Å². The molecule has 0 spiro atoms. The Kier molecular flexibility index (Phi) is 7.00. The zero-order valence-corrected chi connectivity index (χ0v) is 16.5. The number of terminal acetylenes is 1. The van der Waals surface area contributed by atoms with E-state index in [9.17, 15) is 0 Å². The van der Waals surface area contributed by atoms with Gasteiger partial charge in [0, 0.05) is 17.7 Å². The van der Waals surface area contributed by atoms with E-state index in [4.69, 9.17) is 16.1 Å². The highest BCUT2D eigenvalue weighted by Gasteiger charge is 2.13. The maximum atomic E-state index is 5.53. The SMILES string of the molecule is C#CCn1nc(-c2ccc(OC)cc2)nc1-c1cccc(CN(C)C)c1.Cl. The van der Waals surface area contributed by atoms with Gasteiger partial charge in [-0.05, 0) is 50.0 Å². The van der Waals surface area contributed by atoms with Crippen molar-refractivity contribution >= 4 is 12.4 Å². The second-order valence-corrected chi connectivity index (χ2v) is 6.29. The molecule has 0 N–H and O–H groups in total. The Bertz CT molecular complexity index is 926. The first kappa shape index (κ1) is 20.5. The molecule has 1 heterocycles. The molecule has 1 aromatic heterocycles. The largest absolute Gasteiger partial charge is 0.497 e. The van der Waals surface area contributed by atoms with Crippen molar-refractivity contribution in [3.63, 3.8) is 0 Å². The second-order valence-electron chi connectivity index (χ2n) is 6.29. The Labute approximate surface area is 166 Å². The standard InChI is InChI=1S/C21H22N4O.ClH/c1-5-13-25-21(18-8-6-7-16(14-18)15-24(2)3)22-20(23-25)17-9-11-19(26-4)12-10-17;/h1,6-12,14H,13,15H2,2-4H3;1H. The minimum Gasteiger partial charge on any atom is -0.497 e. The third-order valence-corrected chi connectivity index (χ3v) is 3.94. The van der Waals surface area contributed by atoms with Gasteiger partial charge in [0.2, 0.25) is 0 Å². The van der Waals surface area contributed by atoms with Crippen LogP contribution in [-0.4, -0.2) is 40.9 Å². The van der Waals surface area contributed by atoms with Crippen molar-refractivity contribution in [1.29, 1.82) is 0 Å². The summed E-state index contributed by atoms with van der Waals surface area (Å²) in [6.07, 6.45) is 5.53. The third-order valence-electron chi connectivity index (χ3n) is 3.94. The Morgan fingerprint density at radius 1 is 1.11 bits per heavy atom.